The van der Waals surface area contributed by atoms with Crippen molar-refractivity contribution in [1.82, 2.24) is 9.80 Å². The topological polar surface area (TPSA) is 87.2 Å². The van der Waals surface area contributed by atoms with Crippen molar-refractivity contribution in [2.24, 2.45) is 17.8 Å². The van der Waals surface area contributed by atoms with Crippen molar-refractivity contribution in [3.05, 3.63) is 25.3 Å². The Balaban J connectivity index is 2.01. The zero-order valence-electron chi connectivity index (χ0n) is 22.2. The van der Waals surface area contributed by atoms with E-state index < -0.39 is 28.7 Å². The number of unbranched alkanes of at least 4 members (excludes halogenated alkanes) is 2. The summed E-state index contributed by atoms with van der Waals surface area (Å²) in [5.74, 6) is -1.74. The number of esters is 1. The number of nitrogens with zero attached hydrogens (tertiary/aromatic N) is 2. The minimum Gasteiger partial charge on any atom is -0.465 e. The van der Waals surface area contributed by atoms with Gasteiger partial charge < -0.3 is 19.6 Å². The van der Waals surface area contributed by atoms with E-state index in [-0.39, 0.29) is 35.6 Å². The second kappa shape index (κ2) is 12.6. The third-order valence-electron chi connectivity index (χ3n) is 8.33. The Labute approximate surface area is 220 Å². The van der Waals surface area contributed by atoms with E-state index in [2.05, 4.69) is 20.1 Å². The van der Waals surface area contributed by atoms with E-state index in [4.69, 9.17) is 4.74 Å². The number of hydrogen-bond acceptors (Lipinski definition) is 6. The number of aliphatic hydroxyl groups excluding tert-OH is 1. The van der Waals surface area contributed by atoms with Crippen molar-refractivity contribution >= 4 is 29.5 Å². The molecule has 3 saturated heterocycles. The Bertz CT molecular complexity index is 835. The quantitative estimate of drug-likeness (QED) is 0.201. The highest BCUT2D eigenvalue weighted by Crippen LogP contribution is 2.67. The molecule has 7 atom stereocenters. The third-order valence-corrected chi connectivity index (χ3v) is 10.3. The first-order valence-corrected chi connectivity index (χ1v) is 14.5. The van der Waals surface area contributed by atoms with Crippen LogP contribution in [0.3, 0.4) is 0 Å². The first kappa shape index (κ1) is 28.8. The standard InChI is InChI=1S/C28H44N2O5S/c1-6-10-12-17-35-27(34)22-21-13-14-28(36-21)23(22)25(32)30(20(18-31)19(5)9-4)24(28)26(33)29(15-8-3)16-11-7-2/h6,8,19-24,31H,1,3,7,9-18H2,2,4-5H3/t19-,20-,21-,22+,23-,24?,28?/m0/s1. The predicted molar refractivity (Wildman–Crippen MR) is 143 cm³/mol. The van der Waals surface area contributed by atoms with Crippen molar-refractivity contribution in [2.45, 2.75) is 87.8 Å². The van der Waals surface area contributed by atoms with Crippen LogP contribution in [0.15, 0.2) is 25.3 Å². The van der Waals surface area contributed by atoms with Gasteiger partial charge in [0.15, 0.2) is 0 Å². The maximum Gasteiger partial charge on any atom is 0.310 e. The Kier molecular flexibility index (Phi) is 10.1. The number of amides is 2. The Morgan fingerprint density at radius 1 is 1.31 bits per heavy atom. The molecule has 0 radical (unpaired) electrons. The summed E-state index contributed by atoms with van der Waals surface area (Å²) in [5.41, 5.74) is 0. The summed E-state index contributed by atoms with van der Waals surface area (Å²) >= 11 is 1.65. The number of allylic oxidation sites excluding steroid dienone is 1. The SMILES string of the molecule is C=CCCCOC(=O)[C@@H]1[C@@H]2CCC3(S2)C(C(=O)N(CC=C)CCCC)N([C@@H](CO)[C@@H](C)CC)C(=O)[C@H]13. The van der Waals surface area contributed by atoms with Gasteiger partial charge in [-0.2, -0.15) is 0 Å². The smallest absolute Gasteiger partial charge is 0.310 e. The van der Waals surface area contributed by atoms with Gasteiger partial charge >= 0.3 is 5.97 Å². The van der Waals surface area contributed by atoms with E-state index in [0.29, 0.717) is 32.5 Å². The Morgan fingerprint density at radius 2 is 2.06 bits per heavy atom. The van der Waals surface area contributed by atoms with E-state index in [1.54, 1.807) is 33.7 Å². The molecule has 0 aromatic rings. The number of ether oxygens (including phenoxy) is 1. The lowest BCUT2D eigenvalue weighted by Gasteiger charge is -2.41. The van der Waals surface area contributed by atoms with Crippen LogP contribution in [-0.2, 0) is 19.1 Å². The van der Waals surface area contributed by atoms with E-state index in [1.807, 2.05) is 13.8 Å². The lowest BCUT2D eigenvalue weighted by molar-refractivity contribution is -0.155. The molecule has 3 rings (SSSR count). The molecular formula is C28H44N2O5S. The number of thioether (sulfide) groups is 1. The van der Waals surface area contributed by atoms with Gasteiger partial charge in [0.1, 0.15) is 6.04 Å². The van der Waals surface area contributed by atoms with Gasteiger partial charge in [-0.3, -0.25) is 14.4 Å². The fourth-order valence-electron chi connectivity index (χ4n) is 6.28. The summed E-state index contributed by atoms with van der Waals surface area (Å²) < 4.78 is 4.96. The lowest BCUT2D eigenvalue weighted by Crippen LogP contribution is -2.58. The van der Waals surface area contributed by atoms with Crippen LogP contribution in [-0.4, -0.2) is 81.1 Å². The molecule has 0 aromatic heterocycles. The second-order valence-corrected chi connectivity index (χ2v) is 12.1. The molecule has 3 aliphatic heterocycles. The van der Waals surface area contributed by atoms with Gasteiger partial charge in [-0.05, 0) is 38.0 Å². The van der Waals surface area contributed by atoms with Crippen LogP contribution in [0.25, 0.3) is 0 Å². The fourth-order valence-corrected chi connectivity index (χ4v) is 8.46. The number of likely N-dealkylation sites (tertiary alicyclic amines) is 1. The fraction of sp³-hybridized carbons (Fsp3) is 0.750. The van der Waals surface area contributed by atoms with Crippen LogP contribution in [0.4, 0.5) is 0 Å². The van der Waals surface area contributed by atoms with Gasteiger partial charge in [-0.15, -0.1) is 24.9 Å². The largest absolute Gasteiger partial charge is 0.465 e. The predicted octanol–water partition coefficient (Wildman–Crippen LogP) is 3.81. The zero-order chi connectivity index (χ0) is 26.5. The molecule has 2 bridgehead atoms. The molecule has 1 spiro atoms. The van der Waals surface area contributed by atoms with Crippen LogP contribution in [0.1, 0.15) is 65.7 Å². The minimum atomic E-state index is -0.702. The summed E-state index contributed by atoms with van der Waals surface area (Å²) in [5, 5.41) is 10.4. The Morgan fingerprint density at radius 3 is 2.67 bits per heavy atom. The summed E-state index contributed by atoms with van der Waals surface area (Å²) in [6.07, 6.45) is 9.05. The molecule has 0 aliphatic carbocycles. The van der Waals surface area contributed by atoms with Crippen molar-refractivity contribution in [3.63, 3.8) is 0 Å². The molecule has 8 heteroatoms. The molecule has 202 valence electrons. The molecule has 3 aliphatic rings. The molecule has 3 heterocycles. The van der Waals surface area contributed by atoms with Gasteiger partial charge in [0.05, 0.1) is 35.8 Å². The first-order chi connectivity index (χ1) is 17.3. The average Bonchev–Trinajstić information content (AvgIpc) is 3.52. The highest BCUT2D eigenvalue weighted by molar-refractivity contribution is 8.02. The number of carbonyl (C=O) groups is 3. The minimum absolute atomic E-state index is 0.0134. The van der Waals surface area contributed by atoms with Gasteiger partial charge in [-0.25, -0.2) is 0 Å². The monoisotopic (exact) mass is 520 g/mol. The van der Waals surface area contributed by atoms with Crippen molar-refractivity contribution in [3.8, 4) is 0 Å². The Hall–Kier alpha value is -1.80. The maximum absolute atomic E-state index is 14.2. The van der Waals surface area contributed by atoms with Crippen LogP contribution >= 0.6 is 11.8 Å². The van der Waals surface area contributed by atoms with Crippen LogP contribution in [0.5, 0.6) is 0 Å². The van der Waals surface area contributed by atoms with Crippen molar-refractivity contribution in [2.75, 3.05) is 26.3 Å². The highest BCUT2D eigenvalue weighted by atomic mass is 32.2. The molecular weight excluding hydrogens is 476 g/mol. The third kappa shape index (κ3) is 5.13. The molecule has 7 nitrogen and oxygen atoms in total. The molecule has 2 amide bonds. The second-order valence-electron chi connectivity index (χ2n) is 10.5. The van der Waals surface area contributed by atoms with Crippen LogP contribution in [0.2, 0.25) is 0 Å². The maximum atomic E-state index is 14.2. The molecule has 0 saturated carbocycles. The van der Waals surface area contributed by atoms with Crippen molar-refractivity contribution in [1.29, 1.82) is 0 Å². The van der Waals surface area contributed by atoms with Gasteiger partial charge in [0.2, 0.25) is 11.8 Å². The lowest BCUT2D eigenvalue weighted by atomic mass is 9.71. The molecule has 36 heavy (non-hydrogen) atoms. The molecule has 0 aromatic carbocycles. The van der Waals surface area contributed by atoms with Gasteiger partial charge in [0.25, 0.3) is 0 Å². The molecule has 2 unspecified atom stereocenters. The summed E-state index contributed by atoms with van der Waals surface area (Å²) in [6.45, 7) is 14.8. The number of fused-ring (bicyclic) bond motifs is 1. The number of aliphatic hydroxyl groups is 1. The van der Waals surface area contributed by atoms with E-state index in [9.17, 15) is 19.5 Å². The average molecular weight is 521 g/mol. The van der Waals surface area contributed by atoms with Gasteiger partial charge in [0, 0.05) is 18.3 Å². The van der Waals surface area contributed by atoms with Crippen LogP contribution < -0.4 is 0 Å². The zero-order valence-corrected chi connectivity index (χ0v) is 23.0. The van der Waals surface area contributed by atoms with Gasteiger partial charge in [-0.1, -0.05) is 45.8 Å². The number of carbonyl (C=O) groups excluding carboxylic acids is 3. The summed E-state index contributed by atoms with van der Waals surface area (Å²) in [4.78, 5) is 45.2. The van der Waals surface area contributed by atoms with E-state index >= 15 is 0 Å². The summed E-state index contributed by atoms with van der Waals surface area (Å²) in [6, 6.07) is -1.18. The van der Waals surface area contributed by atoms with Crippen molar-refractivity contribution < 1.29 is 24.2 Å². The van der Waals surface area contributed by atoms with E-state index in [1.165, 1.54) is 0 Å². The van der Waals surface area contributed by atoms with E-state index in [0.717, 1.165) is 32.1 Å². The van der Waals surface area contributed by atoms with Crippen LogP contribution in [0, 0.1) is 17.8 Å². The normalized spacial score (nSPS) is 30.1. The molecule has 3 fully saturated rings. The number of rotatable bonds is 15. The molecule has 1 N–H and O–H groups in total. The highest BCUT2D eigenvalue weighted by Gasteiger charge is 2.75. The number of hydrogen-bond donors (Lipinski definition) is 1. The first-order valence-electron chi connectivity index (χ1n) is 13.6. The summed E-state index contributed by atoms with van der Waals surface area (Å²) in [7, 11) is 0.